The van der Waals surface area contributed by atoms with Gasteiger partial charge in [-0.1, -0.05) is 48.5 Å². The number of ether oxygens (including phenoxy) is 2. The molecular formula is C22H16O6. The molecule has 0 atom stereocenters. The molecule has 0 spiro atoms. The fraction of sp³-hybridized carbons (Fsp3) is 0.0909. The molecule has 0 aliphatic carbocycles. The maximum absolute atomic E-state index is 11.9. The summed E-state index contributed by atoms with van der Waals surface area (Å²) < 4.78 is 8.99. The third-order valence-corrected chi connectivity index (χ3v) is 4.27. The second-order valence-electron chi connectivity index (χ2n) is 6.01. The average molecular weight is 376 g/mol. The van der Waals surface area contributed by atoms with Gasteiger partial charge in [0.2, 0.25) is 0 Å². The number of fused-ring (bicyclic) bond motifs is 1. The monoisotopic (exact) mass is 376 g/mol. The van der Waals surface area contributed by atoms with Crippen molar-refractivity contribution in [2.45, 2.75) is 0 Å². The van der Waals surface area contributed by atoms with Crippen LogP contribution in [0.25, 0.3) is 21.9 Å². The highest BCUT2D eigenvalue weighted by molar-refractivity contribution is 6.01. The van der Waals surface area contributed by atoms with E-state index in [0.29, 0.717) is 11.1 Å². The van der Waals surface area contributed by atoms with Gasteiger partial charge in [-0.15, -0.1) is 0 Å². The Morgan fingerprint density at radius 1 is 0.643 bits per heavy atom. The molecule has 0 aliphatic heterocycles. The summed E-state index contributed by atoms with van der Waals surface area (Å²) in [5.74, 6) is -0.537. The summed E-state index contributed by atoms with van der Waals surface area (Å²) in [6.07, 6.45) is 0. The number of hydrogen-bond acceptors (Lipinski definition) is 6. The lowest BCUT2D eigenvalue weighted by atomic mass is 9.98. The lowest BCUT2D eigenvalue weighted by molar-refractivity contribution is -0.128. The van der Waals surface area contributed by atoms with Crippen LogP contribution in [0.15, 0.2) is 60.7 Å². The maximum atomic E-state index is 11.9. The molecule has 28 heavy (non-hydrogen) atoms. The van der Waals surface area contributed by atoms with Gasteiger partial charge in [-0.2, -0.15) is 0 Å². The van der Waals surface area contributed by atoms with Crippen LogP contribution in [0, 0.1) is 0 Å². The van der Waals surface area contributed by atoms with Crippen LogP contribution in [0.3, 0.4) is 0 Å². The highest BCUT2D eigenvalue weighted by atomic mass is 16.5. The fourth-order valence-electron chi connectivity index (χ4n) is 2.83. The minimum Gasteiger partial charge on any atom is -0.459 e. The van der Waals surface area contributed by atoms with Crippen LogP contribution in [0.5, 0.6) is 0 Å². The molecule has 0 bridgehead atoms. The van der Waals surface area contributed by atoms with Crippen molar-refractivity contribution in [2.24, 2.45) is 0 Å². The normalized spacial score (nSPS) is 10.3. The molecule has 0 heterocycles. The van der Waals surface area contributed by atoms with E-state index < -0.39 is 0 Å². The second kappa shape index (κ2) is 8.73. The Morgan fingerprint density at radius 2 is 1.14 bits per heavy atom. The Kier molecular flexibility index (Phi) is 5.91. The van der Waals surface area contributed by atoms with Gasteiger partial charge < -0.3 is 9.47 Å². The number of benzene rings is 3. The Balaban J connectivity index is 1.82. The number of hydrogen-bond donors (Lipinski definition) is 0. The van der Waals surface area contributed by atoms with Crippen molar-refractivity contribution >= 4 is 35.3 Å². The van der Waals surface area contributed by atoms with E-state index in [-0.39, 0.29) is 37.7 Å². The number of ketones is 2. The van der Waals surface area contributed by atoms with Crippen LogP contribution < -0.4 is 0 Å². The van der Waals surface area contributed by atoms with Crippen LogP contribution in [0.4, 0.5) is 0 Å². The molecule has 3 aromatic carbocycles. The standard InChI is InChI=1S/C22H16O6/c23-13-27-11-21(25)16-3-1-15(2-4-16)17-5-6-19-10-20(8-7-18(19)9-17)22(26)12-28-14-24/h1-10,13-14H,11-12H2. The largest absolute Gasteiger partial charge is 0.459 e. The summed E-state index contributed by atoms with van der Waals surface area (Å²) >= 11 is 0. The third kappa shape index (κ3) is 4.29. The molecule has 0 radical (unpaired) electrons. The van der Waals surface area contributed by atoms with Crippen LogP contribution in [-0.4, -0.2) is 37.7 Å². The minimum absolute atomic E-state index is 0.246. The molecule has 6 heteroatoms. The molecule has 0 N–H and O–H groups in total. The molecule has 0 unspecified atom stereocenters. The van der Waals surface area contributed by atoms with Crippen molar-refractivity contribution in [1.82, 2.24) is 0 Å². The van der Waals surface area contributed by atoms with E-state index in [1.54, 1.807) is 24.3 Å². The molecule has 0 aliphatic rings. The van der Waals surface area contributed by atoms with Crippen molar-refractivity contribution < 1.29 is 28.7 Å². The molecule has 140 valence electrons. The number of rotatable bonds is 9. The Labute approximate surface area is 160 Å². The van der Waals surface area contributed by atoms with Gasteiger partial charge >= 0.3 is 0 Å². The summed E-state index contributed by atoms with van der Waals surface area (Å²) in [6.45, 7) is -0.0666. The fourth-order valence-corrected chi connectivity index (χ4v) is 2.83. The quantitative estimate of drug-likeness (QED) is 0.421. The lowest BCUT2D eigenvalue weighted by Crippen LogP contribution is -2.08. The second-order valence-corrected chi connectivity index (χ2v) is 6.01. The van der Waals surface area contributed by atoms with Crippen molar-refractivity contribution in [3.05, 3.63) is 71.8 Å². The Morgan fingerprint density at radius 3 is 1.79 bits per heavy atom. The predicted molar refractivity (Wildman–Crippen MR) is 102 cm³/mol. The molecule has 3 rings (SSSR count). The summed E-state index contributed by atoms with van der Waals surface area (Å²) in [5, 5.41) is 1.84. The number of Topliss-reactive ketones (excluding diaryl/α,β-unsaturated/α-hetero) is 2. The number of carbonyl (C=O) groups excluding carboxylic acids is 4. The molecule has 0 saturated carbocycles. The van der Waals surface area contributed by atoms with Crippen molar-refractivity contribution in [1.29, 1.82) is 0 Å². The first-order valence-electron chi connectivity index (χ1n) is 8.43. The van der Waals surface area contributed by atoms with Crippen molar-refractivity contribution in [2.75, 3.05) is 13.2 Å². The molecule has 0 saturated heterocycles. The molecular weight excluding hydrogens is 360 g/mol. The topological polar surface area (TPSA) is 86.7 Å². The maximum Gasteiger partial charge on any atom is 0.293 e. The Hall–Kier alpha value is -3.80. The predicted octanol–water partition coefficient (Wildman–Crippen LogP) is 3.22. The van der Waals surface area contributed by atoms with Gasteiger partial charge in [-0.05, 0) is 34.0 Å². The average Bonchev–Trinajstić information content (AvgIpc) is 2.75. The molecule has 6 nitrogen and oxygen atoms in total. The minimum atomic E-state index is -0.282. The summed E-state index contributed by atoms with van der Waals surface area (Å²) in [7, 11) is 0. The van der Waals surface area contributed by atoms with Gasteiger partial charge in [0, 0.05) is 11.1 Å². The van der Waals surface area contributed by atoms with Crippen LogP contribution in [0.1, 0.15) is 20.7 Å². The van der Waals surface area contributed by atoms with E-state index in [1.165, 1.54) is 0 Å². The molecule has 0 amide bonds. The first kappa shape index (κ1) is 19.0. The highest BCUT2D eigenvalue weighted by Crippen LogP contribution is 2.26. The molecule has 0 aromatic heterocycles. The third-order valence-electron chi connectivity index (χ3n) is 4.27. The zero-order valence-electron chi connectivity index (χ0n) is 14.8. The zero-order valence-corrected chi connectivity index (χ0v) is 14.8. The van der Waals surface area contributed by atoms with Gasteiger partial charge in [0.15, 0.2) is 24.8 Å². The molecule has 3 aromatic rings. The zero-order chi connectivity index (χ0) is 19.9. The van der Waals surface area contributed by atoms with E-state index >= 15 is 0 Å². The van der Waals surface area contributed by atoms with Crippen molar-refractivity contribution in [3.63, 3.8) is 0 Å². The van der Waals surface area contributed by atoms with E-state index in [2.05, 4.69) is 9.47 Å². The van der Waals surface area contributed by atoms with Gasteiger partial charge in [0.1, 0.15) is 0 Å². The Bertz CT molecular complexity index is 1040. The summed E-state index contributed by atoms with van der Waals surface area (Å²) in [4.78, 5) is 44.2. The van der Waals surface area contributed by atoms with Crippen LogP contribution in [-0.2, 0) is 19.1 Å². The molecule has 0 fully saturated rings. The van der Waals surface area contributed by atoms with E-state index in [4.69, 9.17) is 0 Å². The van der Waals surface area contributed by atoms with Gasteiger partial charge in [-0.3, -0.25) is 19.2 Å². The highest BCUT2D eigenvalue weighted by Gasteiger charge is 2.09. The first-order chi connectivity index (χ1) is 13.6. The van der Waals surface area contributed by atoms with E-state index in [1.807, 2.05) is 36.4 Å². The first-order valence-corrected chi connectivity index (χ1v) is 8.43. The summed E-state index contributed by atoms with van der Waals surface area (Å²) in [5.41, 5.74) is 2.82. The van der Waals surface area contributed by atoms with Gasteiger partial charge in [-0.25, -0.2) is 0 Å². The number of carbonyl (C=O) groups is 4. The van der Waals surface area contributed by atoms with E-state index in [9.17, 15) is 19.2 Å². The van der Waals surface area contributed by atoms with Gasteiger partial charge in [0.25, 0.3) is 12.9 Å². The van der Waals surface area contributed by atoms with E-state index in [0.717, 1.165) is 21.9 Å². The van der Waals surface area contributed by atoms with Gasteiger partial charge in [0.05, 0.1) is 0 Å². The SMILES string of the molecule is O=COCC(=O)c1ccc(-c2ccc3cc(C(=O)COC=O)ccc3c2)cc1. The summed E-state index contributed by atoms with van der Waals surface area (Å²) in [6, 6.07) is 18.1. The van der Waals surface area contributed by atoms with Crippen LogP contribution >= 0.6 is 0 Å². The lowest BCUT2D eigenvalue weighted by Gasteiger charge is -2.07. The van der Waals surface area contributed by atoms with Crippen molar-refractivity contribution in [3.8, 4) is 11.1 Å². The van der Waals surface area contributed by atoms with Crippen LogP contribution in [0.2, 0.25) is 0 Å². The smallest absolute Gasteiger partial charge is 0.293 e.